The second kappa shape index (κ2) is 8.11. The van der Waals surface area contributed by atoms with Crippen LogP contribution < -0.4 is 0 Å². The lowest BCUT2D eigenvalue weighted by molar-refractivity contribution is -0.153. The van der Waals surface area contributed by atoms with E-state index in [0.717, 1.165) is 22.9 Å². The molecule has 0 N–H and O–H groups in total. The van der Waals surface area contributed by atoms with Gasteiger partial charge in [0.25, 0.3) is 0 Å². The van der Waals surface area contributed by atoms with Crippen molar-refractivity contribution in [3.8, 4) is 0 Å². The van der Waals surface area contributed by atoms with Gasteiger partial charge in [-0.3, -0.25) is 9.59 Å². The first-order valence-electron chi connectivity index (χ1n) is 7.64. The molecule has 1 aromatic rings. The summed E-state index contributed by atoms with van der Waals surface area (Å²) in [6.07, 6.45) is 3.33. The fraction of sp³-hybridized carbons (Fsp3) is 0.529. The van der Waals surface area contributed by atoms with E-state index in [0.29, 0.717) is 19.4 Å². The van der Waals surface area contributed by atoms with Crippen molar-refractivity contribution < 1.29 is 14.3 Å². The Hall–Kier alpha value is -0.870. The summed E-state index contributed by atoms with van der Waals surface area (Å²) in [6.45, 7) is 2.12. The van der Waals surface area contributed by atoms with Crippen LogP contribution in [0.3, 0.4) is 0 Å². The van der Waals surface area contributed by atoms with Gasteiger partial charge in [-0.2, -0.15) is 0 Å². The molecule has 120 valence electrons. The van der Waals surface area contributed by atoms with Crippen LogP contribution in [0, 0.1) is 11.8 Å². The molecule has 2 rings (SSSR count). The molecule has 3 nitrogen and oxygen atoms in total. The van der Waals surface area contributed by atoms with E-state index >= 15 is 0 Å². The average Bonchev–Trinajstić information content (AvgIpc) is 2.54. The number of carbonyl (C=O) groups excluding carboxylic acids is 2. The van der Waals surface area contributed by atoms with Gasteiger partial charge in [0.2, 0.25) is 0 Å². The van der Waals surface area contributed by atoms with E-state index in [1.54, 1.807) is 6.92 Å². The Morgan fingerprint density at radius 1 is 1.23 bits per heavy atom. The number of carbonyl (C=O) groups is 2. The third kappa shape index (κ3) is 4.11. The molecule has 3 unspecified atom stereocenters. The molecule has 3 atom stereocenters. The summed E-state index contributed by atoms with van der Waals surface area (Å²) in [7, 11) is 0. The van der Waals surface area contributed by atoms with Gasteiger partial charge in [0.05, 0.1) is 12.5 Å². The number of alkyl halides is 1. The standard InChI is InChI=1S/C17H20BrClO3/c1-2-22-17(21)14-6-4-3-5-13(14)16(20)15(19)11-7-9-12(18)10-8-11/h7-10,13-15H,2-6H2,1H3. The summed E-state index contributed by atoms with van der Waals surface area (Å²) in [5.74, 6) is -1.01. The highest BCUT2D eigenvalue weighted by atomic mass is 79.9. The van der Waals surface area contributed by atoms with Gasteiger partial charge in [0.1, 0.15) is 5.38 Å². The molecule has 0 aliphatic heterocycles. The van der Waals surface area contributed by atoms with Crippen molar-refractivity contribution in [2.24, 2.45) is 11.8 Å². The minimum absolute atomic E-state index is 0.0678. The molecule has 0 saturated heterocycles. The Labute approximate surface area is 144 Å². The second-order valence-electron chi connectivity index (χ2n) is 5.57. The summed E-state index contributed by atoms with van der Waals surface area (Å²) in [4.78, 5) is 24.8. The number of ketones is 1. The topological polar surface area (TPSA) is 43.4 Å². The summed E-state index contributed by atoms with van der Waals surface area (Å²) in [5, 5.41) is -0.715. The van der Waals surface area contributed by atoms with Crippen LogP contribution in [0.1, 0.15) is 43.5 Å². The van der Waals surface area contributed by atoms with Crippen LogP contribution in [-0.4, -0.2) is 18.4 Å². The van der Waals surface area contributed by atoms with E-state index in [4.69, 9.17) is 16.3 Å². The minimum Gasteiger partial charge on any atom is -0.466 e. The lowest BCUT2D eigenvalue weighted by atomic mass is 9.75. The molecule has 1 saturated carbocycles. The number of Topliss-reactive ketones (excluding diaryl/α,β-unsaturated/α-hetero) is 1. The zero-order valence-corrected chi connectivity index (χ0v) is 14.9. The number of benzene rings is 1. The smallest absolute Gasteiger partial charge is 0.309 e. The number of halogens is 2. The zero-order chi connectivity index (χ0) is 16.1. The van der Waals surface area contributed by atoms with Crippen molar-refractivity contribution in [3.05, 3.63) is 34.3 Å². The van der Waals surface area contributed by atoms with Crippen LogP contribution in [0.15, 0.2) is 28.7 Å². The summed E-state index contributed by atoms with van der Waals surface area (Å²) in [6, 6.07) is 7.40. The maximum atomic E-state index is 12.8. The van der Waals surface area contributed by atoms with Gasteiger partial charge in [0, 0.05) is 10.4 Å². The maximum absolute atomic E-state index is 12.8. The number of rotatable bonds is 5. The van der Waals surface area contributed by atoms with Gasteiger partial charge in [-0.15, -0.1) is 11.6 Å². The quantitative estimate of drug-likeness (QED) is 0.545. The average molecular weight is 388 g/mol. The SMILES string of the molecule is CCOC(=O)C1CCCCC1C(=O)C(Cl)c1ccc(Br)cc1. The van der Waals surface area contributed by atoms with Gasteiger partial charge < -0.3 is 4.74 Å². The third-order valence-corrected chi connectivity index (χ3v) is 5.13. The molecule has 0 radical (unpaired) electrons. The molecule has 0 bridgehead atoms. The number of hydrogen-bond acceptors (Lipinski definition) is 3. The minimum atomic E-state index is -0.715. The van der Waals surface area contributed by atoms with Crippen molar-refractivity contribution in [3.63, 3.8) is 0 Å². The summed E-state index contributed by atoms with van der Waals surface area (Å²) in [5.41, 5.74) is 0.767. The first-order valence-corrected chi connectivity index (χ1v) is 8.87. The first-order chi connectivity index (χ1) is 10.5. The molecule has 22 heavy (non-hydrogen) atoms. The zero-order valence-electron chi connectivity index (χ0n) is 12.6. The van der Waals surface area contributed by atoms with Crippen LogP contribution in [0.2, 0.25) is 0 Å². The van der Waals surface area contributed by atoms with Crippen molar-refractivity contribution in [2.45, 2.75) is 38.0 Å². The highest BCUT2D eigenvalue weighted by molar-refractivity contribution is 9.10. The van der Waals surface area contributed by atoms with E-state index in [2.05, 4.69) is 15.9 Å². The van der Waals surface area contributed by atoms with Crippen molar-refractivity contribution in [2.75, 3.05) is 6.61 Å². The highest BCUT2D eigenvalue weighted by Crippen LogP contribution is 2.37. The molecule has 0 spiro atoms. The van der Waals surface area contributed by atoms with E-state index in [9.17, 15) is 9.59 Å². The van der Waals surface area contributed by atoms with Gasteiger partial charge >= 0.3 is 5.97 Å². The van der Waals surface area contributed by atoms with Crippen LogP contribution in [0.4, 0.5) is 0 Å². The molecule has 0 aromatic heterocycles. The number of esters is 1. The van der Waals surface area contributed by atoms with E-state index in [1.165, 1.54) is 0 Å². The van der Waals surface area contributed by atoms with Gasteiger partial charge in [-0.25, -0.2) is 0 Å². The molecule has 1 aliphatic carbocycles. The van der Waals surface area contributed by atoms with Gasteiger partial charge in [-0.05, 0) is 37.5 Å². The highest BCUT2D eigenvalue weighted by Gasteiger charge is 2.39. The predicted molar refractivity (Wildman–Crippen MR) is 89.8 cm³/mol. The Balaban J connectivity index is 2.14. The largest absolute Gasteiger partial charge is 0.466 e. The van der Waals surface area contributed by atoms with E-state index in [-0.39, 0.29) is 23.6 Å². The maximum Gasteiger partial charge on any atom is 0.309 e. The van der Waals surface area contributed by atoms with Crippen molar-refractivity contribution in [1.82, 2.24) is 0 Å². The predicted octanol–water partition coefficient (Wildman–Crippen LogP) is 4.67. The number of hydrogen-bond donors (Lipinski definition) is 0. The second-order valence-corrected chi connectivity index (χ2v) is 6.92. The normalized spacial score (nSPS) is 22.9. The van der Waals surface area contributed by atoms with Crippen LogP contribution in [0.5, 0.6) is 0 Å². The lowest BCUT2D eigenvalue weighted by Gasteiger charge is -2.30. The monoisotopic (exact) mass is 386 g/mol. The fourth-order valence-corrected chi connectivity index (χ4v) is 3.56. The van der Waals surface area contributed by atoms with Crippen molar-refractivity contribution >= 4 is 39.3 Å². The van der Waals surface area contributed by atoms with Gasteiger partial charge in [-0.1, -0.05) is 40.9 Å². The van der Waals surface area contributed by atoms with Crippen LogP contribution >= 0.6 is 27.5 Å². The third-order valence-electron chi connectivity index (χ3n) is 4.13. The lowest BCUT2D eigenvalue weighted by Crippen LogP contribution is -2.35. The molecule has 1 aliphatic rings. The Bertz CT molecular complexity index is 529. The molecule has 0 amide bonds. The molecule has 0 heterocycles. The Morgan fingerprint density at radius 3 is 2.41 bits per heavy atom. The van der Waals surface area contributed by atoms with Crippen LogP contribution in [-0.2, 0) is 14.3 Å². The molecule has 1 aromatic carbocycles. The van der Waals surface area contributed by atoms with Gasteiger partial charge in [0.15, 0.2) is 5.78 Å². The Kier molecular flexibility index (Phi) is 6.45. The summed E-state index contributed by atoms with van der Waals surface area (Å²) >= 11 is 9.74. The Morgan fingerprint density at radius 2 is 1.82 bits per heavy atom. The molecular weight excluding hydrogens is 368 g/mol. The van der Waals surface area contributed by atoms with E-state index < -0.39 is 5.38 Å². The fourth-order valence-electron chi connectivity index (χ4n) is 2.99. The van der Waals surface area contributed by atoms with Crippen molar-refractivity contribution in [1.29, 1.82) is 0 Å². The molecule has 1 fully saturated rings. The molecular formula is C17H20BrClO3. The first kappa shape index (κ1) is 17.5. The van der Waals surface area contributed by atoms with E-state index in [1.807, 2.05) is 24.3 Å². The molecule has 5 heteroatoms. The number of ether oxygens (including phenoxy) is 1. The summed E-state index contributed by atoms with van der Waals surface area (Å²) < 4.78 is 6.06. The van der Waals surface area contributed by atoms with Crippen LogP contribution in [0.25, 0.3) is 0 Å².